The van der Waals surface area contributed by atoms with Crippen LogP contribution in [0.3, 0.4) is 0 Å². The molecule has 2 aromatic carbocycles. The van der Waals surface area contributed by atoms with Gasteiger partial charge in [0.25, 0.3) is 0 Å². The molecule has 2 aromatic rings. The van der Waals surface area contributed by atoms with E-state index in [1.165, 1.54) is 0 Å². The van der Waals surface area contributed by atoms with Gasteiger partial charge in [0.15, 0.2) is 6.61 Å². The fourth-order valence-corrected chi connectivity index (χ4v) is 2.63. The quantitative estimate of drug-likeness (QED) is 0.727. The van der Waals surface area contributed by atoms with Crippen LogP contribution in [0.5, 0.6) is 5.75 Å². The lowest BCUT2D eigenvalue weighted by Crippen LogP contribution is -2.17. The first-order chi connectivity index (χ1) is 9.89. The molecule has 0 atom stereocenters. The van der Waals surface area contributed by atoms with Crippen molar-refractivity contribution >= 4 is 21.7 Å². The molecular weight excluding hydrogens is 328 g/mol. The molecule has 2 rings (SSSR count). The molecule has 0 unspecified atom stereocenters. The maximum Gasteiger partial charge on any atom is 0.201 e. The van der Waals surface area contributed by atoms with Crippen LogP contribution in [-0.2, 0) is 5.41 Å². The summed E-state index contributed by atoms with van der Waals surface area (Å²) in [6.07, 6.45) is 0. The summed E-state index contributed by atoms with van der Waals surface area (Å²) in [6, 6.07) is 15.3. The Kier molecular flexibility index (Phi) is 4.84. The number of ether oxygens (including phenoxy) is 1. The zero-order valence-electron chi connectivity index (χ0n) is 12.5. The van der Waals surface area contributed by atoms with Gasteiger partial charge in [-0.1, -0.05) is 73.1 Å². The van der Waals surface area contributed by atoms with E-state index < -0.39 is 0 Å². The lowest BCUT2D eigenvalue weighted by molar-refractivity contribution is 0.0919. The van der Waals surface area contributed by atoms with Gasteiger partial charge < -0.3 is 4.74 Å². The predicted molar refractivity (Wildman–Crippen MR) is 89.1 cm³/mol. The first kappa shape index (κ1) is 15.8. The lowest BCUT2D eigenvalue weighted by atomic mass is 9.86. The Labute approximate surface area is 134 Å². The molecular formula is C18H19BrO2. The van der Waals surface area contributed by atoms with Gasteiger partial charge in [0.2, 0.25) is 5.78 Å². The van der Waals surface area contributed by atoms with E-state index in [1.54, 1.807) is 6.07 Å². The number of hydrogen-bond acceptors (Lipinski definition) is 2. The molecule has 2 nitrogen and oxygen atoms in total. The average molecular weight is 347 g/mol. The van der Waals surface area contributed by atoms with Crippen LogP contribution >= 0.6 is 15.9 Å². The van der Waals surface area contributed by atoms with Gasteiger partial charge in [-0.25, -0.2) is 0 Å². The molecule has 0 aliphatic heterocycles. The molecule has 0 heterocycles. The minimum atomic E-state index is -0.0359. The summed E-state index contributed by atoms with van der Waals surface area (Å²) in [5, 5.41) is 0. The van der Waals surface area contributed by atoms with Crippen LogP contribution in [0.15, 0.2) is 53.0 Å². The molecule has 0 amide bonds. The van der Waals surface area contributed by atoms with Gasteiger partial charge in [0, 0.05) is 10.0 Å². The maximum atomic E-state index is 12.2. The lowest BCUT2D eigenvalue weighted by Gasteiger charge is -2.22. The largest absolute Gasteiger partial charge is 0.485 e. The van der Waals surface area contributed by atoms with Crippen LogP contribution in [0.4, 0.5) is 0 Å². The minimum absolute atomic E-state index is 0.0209. The number of rotatable bonds is 4. The second-order valence-electron chi connectivity index (χ2n) is 5.94. The molecule has 0 aliphatic carbocycles. The van der Waals surface area contributed by atoms with E-state index in [2.05, 4.69) is 36.7 Å². The molecule has 0 saturated heterocycles. The summed E-state index contributed by atoms with van der Waals surface area (Å²) >= 11 is 3.39. The van der Waals surface area contributed by atoms with Crippen LogP contribution in [0.1, 0.15) is 36.7 Å². The molecule has 0 aliphatic rings. The number of para-hydroxylation sites is 1. The predicted octanol–water partition coefficient (Wildman–Crippen LogP) is 5.01. The second-order valence-corrected chi connectivity index (χ2v) is 6.79. The first-order valence-corrected chi connectivity index (χ1v) is 7.69. The summed E-state index contributed by atoms with van der Waals surface area (Å²) in [5.41, 5.74) is 1.73. The molecule has 0 radical (unpaired) electrons. The third-order valence-corrected chi connectivity index (χ3v) is 3.92. The number of carbonyl (C=O) groups excluding carboxylic acids is 1. The highest BCUT2D eigenvalue weighted by atomic mass is 79.9. The zero-order valence-corrected chi connectivity index (χ0v) is 14.1. The number of hydrogen-bond donors (Lipinski definition) is 0. The van der Waals surface area contributed by atoms with Crippen LogP contribution < -0.4 is 4.74 Å². The fourth-order valence-electron chi connectivity index (χ4n) is 2.12. The van der Waals surface area contributed by atoms with Crippen molar-refractivity contribution in [1.82, 2.24) is 0 Å². The third-order valence-electron chi connectivity index (χ3n) is 3.23. The monoisotopic (exact) mass is 346 g/mol. The Bertz CT molecular complexity index is 642. The van der Waals surface area contributed by atoms with Gasteiger partial charge in [0.05, 0.1) is 0 Å². The molecule has 110 valence electrons. The second kappa shape index (κ2) is 6.44. The number of Topliss-reactive ketones (excluding diaryl/α,β-unsaturated/α-hetero) is 1. The van der Waals surface area contributed by atoms with E-state index in [9.17, 15) is 4.79 Å². The zero-order chi connectivity index (χ0) is 15.5. The van der Waals surface area contributed by atoms with Gasteiger partial charge in [-0.15, -0.1) is 0 Å². The van der Waals surface area contributed by atoms with Gasteiger partial charge in [-0.3, -0.25) is 4.79 Å². The summed E-state index contributed by atoms with van der Waals surface area (Å²) < 4.78 is 6.56. The van der Waals surface area contributed by atoms with Crippen molar-refractivity contribution in [2.75, 3.05) is 6.61 Å². The highest BCUT2D eigenvalue weighted by molar-refractivity contribution is 9.10. The molecule has 0 N–H and O–H groups in total. The van der Waals surface area contributed by atoms with Crippen LogP contribution in [0.2, 0.25) is 0 Å². The van der Waals surface area contributed by atoms with Crippen molar-refractivity contribution in [2.24, 2.45) is 0 Å². The van der Waals surface area contributed by atoms with Crippen molar-refractivity contribution in [3.63, 3.8) is 0 Å². The molecule has 21 heavy (non-hydrogen) atoms. The first-order valence-electron chi connectivity index (χ1n) is 6.89. The topological polar surface area (TPSA) is 26.3 Å². The van der Waals surface area contributed by atoms with Gasteiger partial charge in [-0.2, -0.15) is 0 Å². The highest BCUT2D eigenvalue weighted by Crippen LogP contribution is 2.31. The van der Waals surface area contributed by atoms with Crippen molar-refractivity contribution in [2.45, 2.75) is 26.2 Å². The molecule has 3 heteroatoms. The van der Waals surface area contributed by atoms with E-state index in [-0.39, 0.29) is 17.8 Å². The van der Waals surface area contributed by atoms with E-state index in [0.717, 1.165) is 15.8 Å². The molecule has 0 spiro atoms. The maximum absolute atomic E-state index is 12.2. The standard InChI is InChI=1S/C18H19BrO2/c1-18(2,3)14-9-5-7-11-17(14)21-12-16(20)13-8-4-6-10-15(13)19/h4-11H,12H2,1-3H3. The Morgan fingerprint density at radius 2 is 1.67 bits per heavy atom. The molecule has 0 aromatic heterocycles. The number of halogens is 1. The van der Waals surface area contributed by atoms with E-state index >= 15 is 0 Å². The Morgan fingerprint density at radius 3 is 2.33 bits per heavy atom. The van der Waals surface area contributed by atoms with Gasteiger partial charge in [-0.05, 0) is 23.1 Å². The summed E-state index contributed by atoms with van der Waals surface area (Å²) in [4.78, 5) is 12.2. The normalized spacial score (nSPS) is 11.2. The number of carbonyl (C=O) groups is 1. The van der Waals surface area contributed by atoms with E-state index in [1.807, 2.05) is 42.5 Å². The van der Waals surface area contributed by atoms with Crippen molar-refractivity contribution in [1.29, 1.82) is 0 Å². The number of ketones is 1. The minimum Gasteiger partial charge on any atom is -0.485 e. The average Bonchev–Trinajstić information content (AvgIpc) is 2.44. The molecule has 0 bridgehead atoms. The summed E-state index contributed by atoms with van der Waals surface area (Å²) in [6.45, 7) is 6.43. The summed E-state index contributed by atoms with van der Waals surface area (Å²) in [5.74, 6) is 0.733. The number of benzene rings is 2. The third kappa shape index (κ3) is 3.94. The Hall–Kier alpha value is -1.61. The molecule has 0 saturated carbocycles. The van der Waals surface area contributed by atoms with Crippen molar-refractivity contribution < 1.29 is 9.53 Å². The van der Waals surface area contributed by atoms with Crippen LogP contribution in [0.25, 0.3) is 0 Å². The van der Waals surface area contributed by atoms with E-state index in [4.69, 9.17) is 4.74 Å². The Morgan fingerprint density at radius 1 is 1.05 bits per heavy atom. The SMILES string of the molecule is CC(C)(C)c1ccccc1OCC(=O)c1ccccc1Br. The van der Waals surface area contributed by atoms with Crippen LogP contribution in [0, 0.1) is 0 Å². The highest BCUT2D eigenvalue weighted by Gasteiger charge is 2.19. The van der Waals surface area contributed by atoms with E-state index in [0.29, 0.717) is 5.56 Å². The fraction of sp³-hybridized carbons (Fsp3) is 0.278. The van der Waals surface area contributed by atoms with Gasteiger partial charge >= 0.3 is 0 Å². The van der Waals surface area contributed by atoms with Crippen molar-refractivity contribution in [3.8, 4) is 5.75 Å². The van der Waals surface area contributed by atoms with Crippen molar-refractivity contribution in [3.05, 3.63) is 64.1 Å². The summed E-state index contributed by atoms with van der Waals surface area (Å²) in [7, 11) is 0. The van der Waals surface area contributed by atoms with Gasteiger partial charge in [0.1, 0.15) is 5.75 Å². The molecule has 0 fully saturated rings. The van der Waals surface area contributed by atoms with Crippen LogP contribution in [-0.4, -0.2) is 12.4 Å². The smallest absolute Gasteiger partial charge is 0.201 e. The Balaban J connectivity index is 2.14.